The van der Waals surface area contributed by atoms with Crippen LogP contribution in [0.4, 0.5) is 0 Å². The summed E-state index contributed by atoms with van der Waals surface area (Å²) in [6.45, 7) is 2.62. The van der Waals surface area contributed by atoms with Crippen molar-refractivity contribution in [3.8, 4) is 22.8 Å². The molecule has 0 radical (unpaired) electrons. The normalized spacial score (nSPS) is 10.9. The van der Waals surface area contributed by atoms with E-state index < -0.39 is 0 Å². The average Bonchev–Trinajstić information content (AvgIpc) is 3.17. The zero-order chi connectivity index (χ0) is 21.8. The molecule has 5 nitrogen and oxygen atoms in total. The second kappa shape index (κ2) is 9.06. The van der Waals surface area contributed by atoms with Crippen molar-refractivity contribution in [1.82, 2.24) is 4.57 Å². The molecule has 1 aromatic heterocycles. The number of hydrogen-bond donors (Lipinski definition) is 1. The van der Waals surface area contributed by atoms with Gasteiger partial charge in [-0.25, -0.2) is 0 Å². The molecule has 1 heterocycles. The molecule has 1 N–H and O–H groups in total. The number of Topliss-reactive ketones (excluding diaryl/α,β-unsaturated/α-hetero) is 1. The topological polar surface area (TPSA) is 60.7 Å². The molecule has 0 bridgehead atoms. The molecule has 3 aromatic carbocycles. The Balaban J connectivity index is 1.75. The summed E-state index contributed by atoms with van der Waals surface area (Å²) in [5.74, 6) is 0.850. The smallest absolute Gasteiger partial charge is 0.203 e. The van der Waals surface area contributed by atoms with Crippen LogP contribution in [0.2, 0.25) is 0 Å². The van der Waals surface area contributed by atoms with Gasteiger partial charge in [0.2, 0.25) is 5.78 Å². The van der Waals surface area contributed by atoms with E-state index in [1.165, 1.54) is 7.11 Å². The Morgan fingerprint density at radius 1 is 0.968 bits per heavy atom. The Kier molecular flexibility index (Phi) is 6.05. The first-order valence-corrected chi connectivity index (χ1v) is 10.3. The van der Waals surface area contributed by atoms with Crippen LogP contribution in [0.25, 0.3) is 22.2 Å². The molecule has 0 fully saturated rings. The van der Waals surface area contributed by atoms with Crippen molar-refractivity contribution in [1.29, 1.82) is 0 Å². The summed E-state index contributed by atoms with van der Waals surface area (Å²) < 4.78 is 13.4. The van der Waals surface area contributed by atoms with Gasteiger partial charge in [0.15, 0.2) is 18.1 Å². The average molecular weight is 415 g/mol. The lowest BCUT2D eigenvalue weighted by Gasteiger charge is -2.13. The van der Waals surface area contributed by atoms with E-state index >= 15 is 0 Å². The third kappa shape index (κ3) is 3.92. The Hall–Kier alpha value is -3.57. The van der Waals surface area contributed by atoms with E-state index in [0.717, 1.165) is 28.7 Å². The minimum Gasteiger partial charge on any atom is -0.493 e. The van der Waals surface area contributed by atoms with E-state index in [2.05, 4.69) is 11.5 Å². The monoisotopic (exact) mass is 415 g/mol. The van der Waals surface area contributed by atoms with Crippen LogP contribution in [0, 0.1) is 0 Å². The Labute approximate surface area is 181 Å². The number of carbonyl (C=O) groups excluding carboxylic acids is 1. The van der Waals surface area contributed by atoms with Crippen LogP contribution in [-0.2, 0) is 13.2 Å². The fraction of sp³-hybridized carbons (Fsp3) is 0.192. The molecule has 0 aliphatic rings. The fourth-order valence-corrected chi connectivity index (χ4v) is 3.96. The Morgan fingerprint density at radius 2 is 1.71 bits per heavy atom. The second-order valence-electron chi connectivity index (χ2n) is 7.21. The zero-order valence-electron chi connectivity index (χ0n) is 17.7. The van der Waals surface area contributed by atoms with Gasteiger partial charge in [-0.15, -0.1) is 0 Å². The third-order valence-corrected chi connectivity index (χ3v) is 5.38. The molecule has 4 rings (SSSR count). The molecular formula is C26H25NO4. The number of hydrogen-bond acceptors (Lipinski definition) is 4. The minimum absolute atomic E-state index is 0.0907. The lowest BCUT2D eigenvalue weighted by atomic mass is 10.0. The SMILES string of the molecule is CCn1c(-c2ccccc2)c(C(=O)COc2ccc(CO)cc2OC)c2ccccc21. The summed E-state index contributed by atoms with van der Waals surface area (Å²) in [4.78, 5) is 13.5. The highest BCUT2D eigenvalue weighted by molar-refractivity contribution is 6.14. The first kappa shape index (κ1) is 20.7. The zero-order valence-corrected chi connectivity index (χ0v) is 17.7. The van der Waals surface area contributed by atoms with Crippen LogP contribution in [0.5, 0.6) is 11.5 Å². The van der Waals surface area contributed by atoms with Crippen LogP contribution in [0.1, 0.15) is 22.8 Å². The largest absolute Gasteiger partial charge is 0.493 e. The minimum atomic E-state index is -0.119. The highest BCUT2D eigenvalue weighted by Gasteiger charge is 2.23. The number of ketones is 1. The molecule has 0 atom stereocenters. The summed E-state index contributed by atoms with van der Waals surface area (Å²) in [6.07, 6.45) is 0. The van der Waals surface area contributed by atoms with Crippen molar-refractivity contribution < 1.29 is 19.4 Å². The van der Waals surface area contributed by atoms with Gasteiger partial charge in [0.1, 0.15) is 0 Å². The molecule has 0 spiro atoms. The van der Waals surface area contributed by atoms with Crippen LogP contribution in [0.3, 0.4) is 0 Å². The lowest BCUT2D eigenvalue weighted by molar-refractivity contribution is 0.0921. The van der Waals surface area contributed by atoms with Crippen LogP contribution in [0.15, 0.2) is 72.8 Å². The van der Waals surface area contributed by atoms with Gasteiger partial charge in [0, 0.05) is 17.4 Å². The maximum Gasteiger partial charge on any atom is 0.203 e. The van der Waals surface area contributed by atoms with Gasteiger partial charge in [-0.05, 0) is 36.2 Å². The molecule has 158 valence electrons. The molecule has 4 aromatic rings. The van der Waals surface area contributed by atoms with Crippen molar-refractivity contribution in [3.05, 3.63) is 83.9 Å². The van der Waals surface area contributed by atoms with Gasteiger partial charge in [-0.3, -0.25) is 4.79 Å². The summed E-state index contributed by atoms with van der Waals surface area (Å²) in [5.41, 5.74) is 4.30. The van der Waals surface area contributed by atoms with Crippen molar-refractivity contribution in [2.75, 3.05) is 13.7 Å². The molecule has 0 saturated carbocycles. The number of carbonyl (C=O) groups is 1. The van der Waals surface area contributed by atoms with Crippen LogP contribution >= 0.6 is 0 Å². The molecule has 0 aliphatic carbocycles. The van der Waals surface area contributed by atoms with E-state index in [1.807, 2.05) is 54.6 Å². The van der Waals surface area contributed by atoms with Gasteiger partial charge >= 0.3 is 0 Å². The number of aliphatic hydroxyl groups is 1. The van der Waals surface area contributed by atoms with Gasteiger partial charge < -0.3 is 19.1 Å². The van der Waals surface area contributed by atoms with Gasteiger partial charge in [0.25, 0.3) is 0 Å². The van der Waals surface area contributed by atoms with Crippen molar-refractivity contribution >= 4 is 16.7 Å². The third-order valence-electron chi connectivity index (χ3n) is 5.38. The number of fused-ring (bicyclic) bond motifs is 1. The molecule has 0 saturated heterocycles. The molecule has 0 amide bonds. The number of methoxy groups -OCH3 is 1. The standard InChI is InChI=1S/C26H25NO4/c1-3-27-21-12-8-7-11-20(21)25(26(27)19-9-5-4-6-10-19)22(29)17-31-23-14-13-18(16-28)15-24(23)30-2/h4-15,28H,3,16-17H2,1-2H3. The highest BCUT2D eigenvalue weighted by Crippen LogP contribution is 2.35. The van der Waals surface area contributed by atoms with E-state index in [0.29, 0.717) is 22.6 Å². The number of benzene rings is 3. The highest BCUT2D eigenvalue weighted by atomic mass is 16.5. The molecule has 31 heavy (non-hydrogen) atoms. The van der Waals surface area contributed by atoms with E-state index in [1.54, 1.807) is 18.2 Å². The number of ether oxygens (including phenoxy) is 2. The van der Waals surface area contributed by atoms with Crippen molar-refractivity contribution in [2.45, 2.75) is 20.1 Å². The van der Waals surface area contributed by atoms with Crippen molar-refractivity contribution in [3.63, 3.8) is 0 Å². The number of nitrogens with zero attached hydrogens (tertiary/aromatic N) is 1. The molecule has 0 unspecified atom stereocenters. The van der Waals surface area contributed by atoms with Gasteiger partial charge in [-0.2, -0.15) is 0 Å². The first-order chi connectivity index (χ1) is 15.2. The predicted octanol–water partition coefficient (Wildman–Crippen LogP) is 5.09. The van der Waals surface area contributed by atoms with Crippen LogP contribution in [-0.4, -0.2) is 29.2 Å². The number of para-hydroxylation sites is 1. The summed E-state index contributed by atoms with van der Waals surface area (Å²) in [6, 6.07) is 23.1. The fourth-order valence-electron chi connectivity index (χ4n) is 3.96. The van der Waals surface area contributed by atoms with Gasteiger partial charge in [0.05, 0.1) is 25.0 Å². The quantitative estimate of drug-likeness (QED) is 0.407. The Morgan fingerprint density at radius 3 is 2.42 bits per heavy atom. The summed E-state index contributed by atoms with van der Waals surface area (Å²) in [5, 5.41) is 10.2. The molecular weight excluding hydrogens is 390 g/mol. The second-order valence-corrected chi connectivity index (χ2v) is 7.21. The number of aryl methyl sites for hydroxylation is 1. The van der Waals surface area contributed by atoms with Crippen molar-refractivity contribution in [2.24, 2.45) is 0 Å². The molecule has 0 aliphatic heterocycles. The Bertz CT molecular complexity index is 1210. The van der Waals surface area contributed by atoms with Crippen LogP contribution < -0.4 is 9.47 Å². The van der Waals surface area contributed by atoms with E-state index in [4.69, 9.17) is 9.47 Å². The maximum absolute atomic E-state index is 13.5. The number of rotatable bonds is 8. The first-order valence-electron chi connectivity index (χ1n) is 10.3. The summed E-state index contributed by atoms with van der Waals surface area (Å²) in [7, 11) is 1.54. The van der Waals surface area contributed by atoms with E-state index in [9.17, 15) is 9.90 Å². The number of aliphatic hydroxyl groups excluding tert-OH is 1. The lowest BCUT2D eigenvalue weighted by Crippen LogP contribution is -2.13. The predicted molar refractivity (Wildman–Crippen MR) is 122 cm³/mol. The van der Waals surface area contributed by atoms with E-state index in [-0.39, 0.29) is 19.0 Å². The maximum atomic E-state index is 13.5. The van der Waals surface area contributed by atoms with Gasteiger partial charge in [-0.1, -0.05) is 54.6 Å². The number of aromatic nitrogens is 1. The molecule has 5 heteroatoms. The summed E-state index contributed by atoms with van der Waals surface area (Å²) >= 11 is 0.